The minimum Gasteiger partial charge on any atom is -0.493 e. The fourth-order valence-corrected chi connectivity index (χ4v) is 6.33. The lowest BCUT2D eigenvalue weighted by Gasteiger charge is -2.12. The summed E-state index contributed by atoms with van der Waals surface area (Å²) in [5, 5.41) is 0. The quantitative estimate of drug-likeness (QED) is 0.127. The minimum atomic E-state index is -3.88. The first-order valence-electron chi connectivity index (χ1n) is 13.6. The Labute approximate surface area is 286 Å². The van der Waals surface area contributed by atoms with Gasteiger partial charge in [0.25, 0.3) is 9.05 Å². The van der Waals surface area contributed by atoms with Gasteiger partial charge >= 0.3 is 0 Å². The van der Waals surface area contributed by atoms with Crippen molar-refractivity contribution in [3.05, 3.63) is 54.6 Å². The number of nitrogens with two attached hydrogens (primary N) is 2. The molecule has 0 radical (unpaired) electrons. The fraction of sp³-hybridized carbons (Fsp3) is 0.357. The highest BCUT2D eigenvalue weighted by Crippen LogP contribution is 2.31. The van der Waals surface area contributed by atoms with Crippen LogP contribution < -0.4 is 49.3 Å². The molecule has 0 saturated carbocycles. The molecule has 0 aliphatic heterocycles. The summed E-state index contributed by atoms with van der Waals surface area (Å²) < 4.78 is 107. The van der Waals surface area contributed by atoms with Crippen LogP contribution in [0.15, 0.2) is 69.3 Å². The van der Waals surface area contributed by atoms with E-state index in [9.17, 15) is 25.3 Å². The van der Waals surface area contributed by atoms with Crippen molar-refractivity contribution in [2.24, 2.45) is 11.5 Å². The zero-order valence-electron chi connectivity index (χ0n) is 27.2. The van der Waals surface area contributed by atoms with E-state index in [2.05, 4.69) is 9.44 Å². The third-order valence-electron chi connectivity index (χ3n) is 5.84. The monoisotopic (exact) mass is 756 g/mol. The van der Waals surface area contributed by atoms with Gasteiger partial charge < -0.3 is 39.9 Å². The summed E-state index contributed by atoms with van der Waals surface area (Å²) in [7, 11) is 2.23. The second kappa shape index (κ2) is 20.1. The van der Waals surface area contributed by atoms with Gasteiger partial charge in [0.1, 0.15) is 0 Å². The van der Waals surface area contributed by atoms with E-state index in [0.29, 0.717) is 36.1 Å². The van der Waals surface area contributed by atoms with Crippen LogP contribution in [0.4, 0.5) is 0 Å². The van der Waals surface area contributed by atoms with Gasteiger partial charge in [0.15, 0.2) is 34.5 Å². The van der Waals surface area contributed by atoms with Crippen molar-refractivity contribution in [1.82, 2.24) is 9.44 Å². The second-order valence-electron chi connectivity index (χ2n) is 8.86. The molecule has 3 aromatic carbocycles. The summed E-state index contributed by atoms with van der Waals surface area (Å²) in [6.07, 6.45) is 0. The molecular weight excluding hydrogens is 716 g/mol. The van der Waals surface area contributed by atoms with Crippen molar-refractivity contribution in [3.63, 3.8) is 0 Å². The Morgan fingerprint density at radius 3 is 1.02 bits per heavy atom. The van der Waals surface area contributed by atoms with E-state index in [4.69, 9.17) is 50.6 Å². The lowest BCUT2D eigenvalue weighted by Crippen LogP contribution is -2.34. The topological polar surface area (TPSA) is 234 Å². The zero-order valence-corrected chi connectivity index (χ0v) is 30.4. The summed E-state index contributed by atoms with van der Waals surface area (Å²) in [5.41, 5.74) is 9.81. The molecule has 0 fully saturated rings. The van der Waals surface area contributed by atoms with E-state index in [1.807, 2.05) is 0 Å². The zero-order chi connectivity index (χ0) is 36.5. The van der Waals surface area contributed by atoms with Crippen molar-refractivity contribution < 1.29 is 53.7 Å². The van der Waals surface area contributed by atoms with Gasteiger partial charge in [0.05, 0.1) is 57.3 Å². The van der Waals surface area contributed by atoms with E-state index in [1.54, 1.807) is 0 Å². The largest absolute Gasteiger partial charge is 0.493 e. The van der Waals surface area contributed by atoms with Crippen molar-refractivity contribution in [3.8, 4) is 34.5 Å². The first kappa shape index (κ1) is 42.5. The average Bonchev–Trinajstić information content (AvgIpc) is 3.08. The van der Waals surface area contributed by atoms with Crippen LogP contribution in [0.1, 0.15) is 0 Å². The molecule has 0 aliphatic rings. The highest BCUT2D eigenvalue weighted by molar-refractivity contribution is 8.13. The molecule has 0 heterocycles. The van der Waals surface area contributed by atoms with Crippen LogP contribution in [0.25, 0.3) is 0 Å². The molecule has 0 saturated heterocycles. The van der Waals surface area contributed by atoms with Crippen molar-refractivity contribution in [1.29, 1.82) is 0 Å². The van der Waals surface area contributed by atoms with Crippen LogP contribution in [-0.4, -0.2) is 94.1 Å². The Morgan fingerprint density at radius 1 is 0.500 bits per heavy atom. The molecule has 0 spiro atoms. The summed E-state index contributed by atoms with van der Waals surface area (Å²) in [5.74, 6) is 2.08. The van der Waals surface area contributed by atoms with Gasteiger partial charge in [-0.05, 0) is 36.4 Å². The lowest BCUT2D eigenvalue weighted by molar-refractivity contribution is 0.354. The number of ether oxygens (including phenoxy) is 6. The molecule has 48 heavy (non-hydrogen) atoms. The molecule has 0 bridgehead atoms. The predicted molar refractivity (Wildman–Crippen MR) is 180 cm³/mol. The Hall–Kier alpha value is -3.56. The number of benzene rings is 3. The van der Waals surface area contributed by atoms with Crippen molar-refractivity contribution in [2.75, 3.05) is 68.8 Å². The molecule has 0 amide bonds. The van der Waals surface area contributed by atoms with Crippen LogP contribution in [0.5, 0.6) is 34.5 Å². The smallest absolute Gasteiger partial charge is 0.261 e. The summed E-state index contributed by atoms with van der Waals surface area (Å²) in [6, 6.07) is 12.4. The Kier molecular flexibility index (Phi) is 17.8. The van der Waals surface area contributed by atoms with Gasteiger partial charge in [-0.25, -0.2) is 34.7 Å². The molecule has 0 unspecified atom stereocenters. The Bertz CT molecular complexity index is 1700. The van der Waals surface area contributed by atoms with Crippen LogP contribution in [-0.2, 0) is 29.1 Å². The molecule has 270 valence electrons. The molecule has 0 aliphatic carbocycles. The van der Waals surface area contributed by atoms with Gasteiger partial charge in [-0.1, -0.05) is 0 Å². The molecule has 0 aromatic heterocycles. The van der Waals surface area contributed by atoms with Gasteiger partial charge in [-0.2, -0.15) is 0 Å². The maximum absolute atomic E-state index is 12.4. The Morgan fingerprint density at radius 2 is 0.771 bits per heavy atom. The minimum absolute atomic E-state index is 0.0168. The standard InChI is InChI=1S/C18H24N2O8S2.C8H9ClO4S.C2H8N2/c1-25-15-7-5-13(11-17(15)27-3)29(21,22)19-9-10-20-30(23,24)14-6-8-16(26-2)18(12-14)28-4;1-12-7-4-3-6(14(9,10)11)5-8(7)13-2;3-1-2-4/h5-8,11-12,19-20H,9-10H2,1-4H3;3-5H,1-2H3;1-4H2. The molecule has 6 N–H and O–H groups in total. The number of sulfonamides is 2. The average molecular weight is 757 g/mol. The van der Waals surface area contributed by atoms with E-state index in [-0.39, 0.29) is 39.3 Å². The number of halogens is 1. The van der Waals surface area contributed by atoms with E-state index < -0.39 is 29.1 Å². The number of rotatable bonds is 15. The second-order valence-corrected chi connectivity index (χ2v) is 15.0. The number of hydrogen-bond donors (Lipinski definition) is 4. The van der Waals surface area contributed by atoms with E-state index >= 15 is 0 Å². The van der Waals surface area contributed by atoms with Gasteiger partial charge in [0.2, 0.25) is 20.0 Å². The molecule has 0 atom stereocenters. The van der Waals surface area contributed by atoms with Crippen LogP contribution >= 0.6 is 10.7 Å². The third kappa shape index (κ3) is 12.8. The summed E-state index contributed by atoms with van der Waals surface area (Å²) in [4.78, 5) is -0.0948. The van der Waals surface area contributed by atoms with Gasteiger partial charge in [-0.15, -0.1) is 0 Å². The van der Waals surface area contributed by atoms with Crippen LogP contribution in [0.3, 0.4) is 0 Å². The highest BCUT2D eigenvalue weighted by Gasteiger charge is 2.19. The molecule has 20 heteroatoms. The van der Waals surface area contributed by atoms with E-state index in [0.717, 1.165) is 0 Å². The first-order chi connectivity index (χ1) is 22.6. The summed E-state index contributed by atoms with van der Waals surface area (Å²) >= 11 is 0. The molecule has 3 aromatic rings. The van der Waals surface area contributed by atoms with Gasteiger partial charge in [-0.3, -0.25) is 0 Å². The predicted octanol–water partition coefficient (Wildman–Crippen LogP) is 1.51. The maximum atomic E-state index is 12.4. The third-order valence-corrected chi connectivity index (χ3v) is 10.1. The van der Waals surface area contributed by atoms with Crippen molar-refractivity contribution in [2.45, 2.75) is 14.7 Å². The van der Waals surface area contributed by atoms with Crippen LogP contribution in [0.2, 0.25) is 0 Å². The van der Waals surface area contributed by atoms with Crippen molar-refractivity contribution >= 4 is 39.8 Å². The fourth-order valence-electron chi connectivity index (χ4n) is 3.47. The maximum Gasteiger partial charge on any atom is 0.261 e. The molecule has 3 rings (SSSR count). The van der Waals surface area contributed by atoms with Gasteiger partial charge in [0, 0.05) is 55.1 Å². The first-order valence-corrected chi connectivity index (χ1v) is 18.9. The van der Waals surface area contributed by atoms with E-state index in [1.165, 1.54) is 97.3 Å². The van der Waals surface area contributed by atoms with Crippen LogP contribution in [0, 0.1) is 0 Å². The summed E-state index contributed by atoms with van der Waals surface area (Å²) in [6.45, 7) is 0.867. The lowest BCUT2D eigenvalue weighted by atomic mass is 10.3. The highest BCUT2D eigenvalue weighted by atomic mass is 35.7. The SMILES string of the molecule is COc1ccc(S(=O)(=O)Cl)cc1OC.COc1ccc(S(=O)(=O)NCCNS(=O)(=O)c2ccc(OC)c(OC)c2)cc1OC.NCCN. The normalized spacial score (nSPS) is 11.2. The molecule has 16 nitrogen and oxygen atoms in total. The molecular formula is C28H41ClN4O12S3. The number of hydrogen-bond acceptors (Lipinski definition) is 14. The number of nitrogens with one attached hydrogen (secondary N) is 2. The number of methoxy groups -OCH3 is 6. The Balaban J connectivity index is 0.000000529.